The number of nitrogens with one attached hydrogen (secondary N) is 1. The van der Waals surface area contributed by atoms with Gasteiger partial charge in [-0.2, -0.15) is 0 Å². The molecule has 1 N–H and O–H groups in total. The van der Waals surface area contributed by atoms with Crippen LogP contribution in [0.2, 0.25) is 0 Å². The Labute approximate surface area is 161 Å². The fourth-order valence-corrected chi connectivity index (χ4v) is 2.47. The van der Waals surface area contributed by atoms with E-state index >= 15 is 0 Å². The maximum Gasteiger partial charge on any atom is 0.291 e. The first-order valence-corrected chi connectivity index (χ1v) is 8.62. The average Bonchev–Trinajstić information content (AvgIpc) is 3.24. The van der Waals surface area contributed by atoms with E-state index in [1.54, 1.807) is 55.6 Å². The molecule has 3 aromatic rings. The van der Waals surface area contributed by atoms with Crippen LogP contribution in [0.25, 0.3) is 0 Å². The first-order chi connectivity index (χ1) is 13.5. The minimum atomic E-state index is -0.441. The molecule has 0 atom stereocenters. The molecule has 0 fully saturated rings. The predicted molar refractivity (Wildman–Crippen MR) is 102 cm³/mol. The van der Waals surface area contributed by atoms with Crippen LogP contribution in [0.4, 0.5) is 10.1 Å². The number of carbonyl (C=O) groups excluding carboxylic acids is 2. The van der Waals surface area contributed by atoms with Gasteiger partial charge < -0.3 is 19.4 Å². The number of ether oxygens (including phenoxy) is 1. The second-order valence-corrected chi connectivity index (χ2v) is 6.01. The van der Waals surface area contributed by atoms with Crippen LogP contribution in [0.3, 0.4) is 0 Å². The Morgan fingerprint density at radius 1 is 1.07 bits per heavy atom. The van der Waals surface area contributed by atoms with Crippen LogP contribution in [-0.2, 0) is 0 Å². The van der Waals surface area contributed by atoms with E-state index in [0.717, 1.165) is 0 Å². The van der Waals surface area contributed by atoms with E-state index in [1.807, 2.05) is 0 Å². The molecule has 1 heterocycles. The van der Waals surface area contributed by atoms with Gasteiger partial charge in [-0.25, -0.2) is 4.39 Å². The lowest BCUT2D eigenvalue weighted by Crippen LogP contribution is -2.30. The standard InChI is InChI=1S/C21H19FN2O4/c1-24(12-14-28-18-6-3-2-5-17(18)22)21(26)15-8-10-16(11-9-15)23-20(25)19-7-4-13-27-19/h2-11,13H,12,14H2,1H3,(H,23,25). The zero-order valence-corrected chi connectivity index (χ0v) is 15.2. The van der Waals surface area contributed by atoms with Crippen molar-refractivity contribution in [2.24, 2.45) is 0 Å². The normalized spacial score (nSPS) is 10.4. The summed E-state index contributed by atoms with van der Waals surface area (Å²) < 4.78 is 23.9. The van der Waals surface area contributed by atoms with Gasteiger partial charge in [-0.05, 0) is 48.5 Å². The van der Waals surface area contributed by atoms with Gasteiger partial charge in [-0.15, -0.1) is 0 Å². The van der Waals surface area contributed by atoms with Crippen molar-refractivity contribution in [1.29, 1.82) is 0 Å². The molecule has 144 valence electrons. The summed E-state index contributed by atoms with van der Waals surface area (Å²) >= 11 is 0. The topological polar surface area (TPSA) is 71.8 Å². The highest BCUT2D eigenvalue weighted by molar-refractivity contribution is 6.02. The van der Waals surface area contributed by atoms with E-state index in [-0.39, 0.29) is 29.9 Å². The average molecular weight is 382 g/mol. The molecule has 6 nitrogen and oxygen atoms in total. The number of halogens is 1. The van der Waals surface area contributed by atoms with E-state index in [1.165, 1.54) is 23.3 Å². The Kier molecular flexibility index (Phi) is 6.06. The SMILES string of the molecule is CN(CCOc1ccccc1F)C(=O)c1ccc(NC(=O)c2ccco2)cc1. The number of furan rings is 1. The van der Waals surface area contributed by atoms with Crippen LogP contribution in [0.5, 0.6) is 5.75 Å². The van der Waals surface area contributed by atoms with Gasteiger partial charge in [-0.3, -0.25) is 9.59 Å². The molecule has 0 spiro atoms. The van der Waals surface area contributed by atoms with E-state index in [2.05, 4.69) is 5.32 Å². The number of hydrogen-bond donors (Lipinski definition) is 1. The number of hydrogen-bond acceptors (Lipinski definition) is 4. The molecule has 0 saturated heterocycles. The fourth-order valence-electron chi connectivity index (χ4n) is 2.47. The maximum atomic E-state index is 13.5. The highest BCUT2D eigenvalue weighted by Crippen LogP contribution is 2.16. The molecule has 3 rings (SSSR count). The fraction of sp³-hybridized carbons (Fsp3) is 0.143. The lowest BCUT2D eigenvalue weighted by atomic mass is 10.2. The van der Waals surface area contributed by atoms with E-state index < -0.39 is 5.82 Å². The molecule has 0 unspecified atom stereocenters. The van der Waals surface area contributed by atoms with Crippen molar-refractivity contribution in [3.63, 3.8) is 0 Å². The summed E-state index contributed by atoms with van der Waals surface area (Å²) in [5.74, 6) is -0.661. The molecule has 2 amide bonds. The van der Waals surface area contributed by atoms with Gasteiger partial charge in [0.1, 0.15) is 6.61 Å². The van der Waals surface area contributed by atoms with Crippen LogP contribution in [0.1, 0.15) is 20.9 Å². The van der Waals surface area contributed by atoms with Crippen molar-refractivity contribution in [3.8, 4) is 5.75 Å². The molecule has 0 aliphatic carbocycles. The van der Waals surface area contributed by atoms with Crippen molar-refractivity contribution < 1.29 is 23.1 Å². The van der Waals surface area contributed by atoms with Gasteiger partial charge >= 0.3 is 0 Å². The molecule has 0 aliphatic heterocycles. The first-order valence-electron chi connectivity index (χ1n) is 8.62. The molecule has 7 heteroatoms. The minimum absolute atomic E-state index is 0.153. The summed E-state index contributed by atoms with van der Waals surface area (Å²) in [4.78, 5) is 25.9. The highest BCUT2D eigenvalue weighted by atomic mass is 19.1. The maximum absolute atomic E-state index is 13.5. The molecule has 0 radical (unpaired) electrons. The second-order valence-electron chi connectivity index (χ2n) is 6.01. The number of rotatable bonds is 7. The van der Waals surface area contributed by atoms with Crippen molar-refractivity contribution >= 4 is 17.5 Å². The molecule has 1 aromatic heterocycles. The lowest BCUT2D eigenvalue weighted by molar-refractivity contribution is 0.0773. The Bertz CT molecular complexity index is 939. The summed E-state index contributed by atoms with van der Waals surface area (Å²) in [5.41, 5.74) is 1.01. The molecule has 0 aliphatic rings. The van der Waals surface area contributed by atoms with Crippen molar-refractivity contribution in [3.05, 3.63) is 84.1 Å². The zero-order valence-electron chi connectivity index (χ0n) is 15.2. The van der Waals surface area contributed by atoms with Crippen LogP contribution in [-0.4, -0.2) is 36.9 Å². The Morgan fingerprint density at radius 2 is 1.82 bits per heavy atom. The van der Waals surface area contributed by atoms with Gasteiger partial charge in [0.15, 0.2) is 17.3 Å². The number of para-hydroxylation sites is 1. The monoisotopic (exact) mass is 382 g/mol. The highest BCUT2D eigenvalue weighted by Gasteiger charge is 2.13. The van der Waals surface area contributed by atoms with Crippen LogP contribution in [0.15, 0.2) is 71.3 Å². The molecular formula is C21H19FN2O4. The summed E-state index contributed by atoms with van der Waals surface area (Å²) in [7, 11) is 1.64. The number of amides is 2. The van der Waals surface area contributed by atoms with E-state index in [4.69, 9.17) is 9.15 Å². The zero-order chi connectivity index (χ0) is 19.9. The largest absolute Gasteiger partial charge is 0.489 e. The van der Waals surface area contributed by atoms with Crippen molar-refractivity contribution in [2.45, 2.75) is 0 Å². The molecule has 0 saturated carbocycles. The number of nitrogens with zero attached hydrogens (tertiary/aromatic N) is 1. The van der Waals surface area contributed by atoms with Gasteiger partial charge in [0.25, 0.3) is 11.8 Å². The minimum Gasteiger partial charge on any atom is -0.489 e. The van der Waals surface area contributed by atoms with Crippen molar-refractivity contribution in [2.75, 3.05) is 25.5 Å². The Hall–Kier alpha value is -3.61. The smallest absolute Gasteiger partial charge is 0.291 e. The van der Waals surface area contributed by atoms with Crippen LogP contribution >= 0.6 is 0 Å². The number of benzene rings is 2. The third kappa shape index (κ3) is 4.76. The lowest BCUT2D eigenvalue weighted by Gasteiger charge is -2.18. The third-order valence-electron chi connectivity index (χ3n) is 4.00. The second kappa shape index (κ2) is 8.85. The van der Waals surface area contributed by atoms with Crippen molar-refractivity contribution in [1.82, 2.24) is 4.90 Å². The summed E-state index contributed by atoms with van der Waals surface area (Å²) in [6.45, 7) is 0.463. The quantitative estimate of drug-likeness (QED) is 0.674. The molecule has 0 bridgehead atoms. The van der Waals surface area contributed by atoms with Crippen LogP contribution in [0, 0.1) is 5.82 Å². The Balaban J connectivity index is 1.52. The summed E-state index contributed by atoms with van der Waals surface area (Å²) in [6.07, 6.45) is 1.42. The van der Waals surface area contributed by atoms with Gasteiger partial charge in [0, 0.05) is 18.3 Å². The summed E-state index contributed by atoms with van der Waals surface area (Å²) in [6, 6.07) is 15.8. The number of likely N-dealkylation sites (N-methyl/N-ethyl adjacent to an activating group) is 1. The third-order valence-corrected chi connectivity index (χ3v) is 4.00. The first kappa shape index (κ1) is 19.2. The van der Waals surface area contributed by atoms with Crippen LogP contribution < -0.4 is 10.1 Å². The predicted octanol–water partition coefficient (Wildman–Crippen LogP) is 3.82. The van der Waals surface area contributed by atoms with E-state index in [0.29, 0.717) is 17.8 Å². The van der Waals surface area contributed by atoms with Gasteiger partial charge in [0.05, 0.1) is 12.8 Å². The van der Waals surface area contributed by atoms with E-state index in [9.17, 15) is 14.0 Å². The molecular weight excluding hydrogens is 363 g/mol. The van der Waals surface area contributed by atoms with Gasteiger partial charge in [-0.1, -0.05) is 12.1 Å². The molecule has 28 heavy (non-hydrogen) atoms. The summed E-state index contributed by atoms with van der Waals surface area (Å²) in [5, 5.41) is 2.68. The number of anilines is 1. The number of carbonyl (C=O) groups is 2. The molecule has 2 aromatic carbocycles. The Morgan fingerprint density at radius 3 is 2.50 bits per heavy atom. The van der Waals surface area contributed by atoms with Gasteiger partial charge in [0.2, 0.25) is 0 Å².